The summed E-state index contributed by atoms with van der Waals surface area (Å²) in [4.78, 5) is 16.0. The van der Waals surface area contributed by atoms with Gasteiger partial charge in [-0.1, -0.05) is 18.2 Å². The van der Waals surface area contributed by atoms with E-state index in [0.717, 1.165) is 46.8 Å². The molecule has 6 rings (SSSR count). The normalized spacial score (nSPS) is 13.8. The average Bonchev–Trinajstić information content (AvgIpc) is 3.42. The molecule has 1 aliphatic rings. The van der Waals surface area contributed by atoms with E-state index >= 15 is 0 Å². The predicted octanol–water partition coefficient (Wildman–Crippen LogP) is 2.90. The summed E-state index contributed by atoms with van der Waals surface area (Å²) in [6, 6.07) is 10.1. The van der Waals surface area contributed by atoms with Crippen LogP contribution in [0, 0.1) is 0 Å². The Morgan fingerprint density at radius 1 is 1.03 bits per heavy atom. The monoisotopic (exact) mass is 461 g/mol. The molecule has 9 nitrogen and oxygen atoms in total. The van der Waals surface area contributed by atoms with Gasteiger partial charge in [-0.25, -0.2) is 14.6 Å². The van der Waals surface area contributed by atoms with Crippen molar-refractivity contribution in [2.75, 3.05) is 17.2 Å². The van der Waals surface area contributed by atoms with Crippen molar-refractivity contribution in [3.63, 3.8) is 0 Å². The van der Waals surface area contributed by atoms with Gasteiger partial charge in [0.2, 0.25) is 0 Å². The minimum Gasteiger partial charge on any atom is -0.383 e. The van der Waals surface area contributed by atoms with E-state index in [-0.39, 0.29) is 0 Å². The largest absolute Gasteiger partial charge is 0.383 e. The van der Waals surface area contributed by atoms with Crippen molar-refractivity contribution in [1.82, 2.24) is 34.3 Å². The minimum atomic E-state index is 0.502. The maximum atomic E-state index is 6.42. The van der Waals surface area contributed by atoms with Gasteiger partial charge in [-0.2, -0.15) is 14.7 Å². The molecule has 30 heavy (non-hydrogen) atoms. The lowest BCUT2D eigenvalue weighted by Crippen LogP contribution is -2.35. The first-order valence-electron chi connectivity index (χ1n) is 9.48. The molecule has 1 aliphatic heterocycles. The topological polar surface area (TPSA) is 103 Å². The van der Waals surface area contributed by atoms with Crippen molar-refractivity contribution < 1.29 is 0 Å². The van der Waals surface area contributed by atoms with Gasteiger partial charge in [0.05, 0.1) is 24.8 Å². The number of aromatic nitrogens is 7. The predicted molar refractivity (Wildman–Crippen MR) is 117 cm³/mol. The molecular formula is C20H16BrN9. The Morgan fingerprint density at radius 2 is 1.93 bits per heavy atom. The molecule has 2 N–H and O–H groups in total. The van der Waals surface area contributed by atoms with E-state index in [4.69, 9.17) is 10.7 Å². The molecular weight excluding hydrogens is 446 g/mol. The van der Waals surface area contributed by atoms with Crippen molar-refractivity contribution in [3.8, 4) is 11.1 Å². The molecule has 0 spiro atoms. The van der Waals surface area contributed by atoms with Crippen LogP contribution in [-0.4, -0.2) is 40.9 Å². The molecule has 4 aromatic heterocycles. The van der Waals surface area contributed by atoms with Crippen LogP contribution in [0.4, 0.5) is 11.6 Å². The number of hydrogen-bond donors (Lipinski definition) is 1. The van der Waals surface area contributed by atoms with Gasteiger partial charge in [-0.3, -0.25) is 4.98 Å². The Hall–Kier alpha value is -3.53. The smallest absolute Gasteiger partial charge is 0.167 e. The molecule has 0 saturated heterocycles. The second kappa shape index (κ2) is 6.49. The van der Waals surface area contributed by atoms with Gasteiger partial charge in [0.25, 0.3) is 0 Å². The highest BCUT2D eigenvalue weighted by atomic mass is 79.9. The number of nitrogens with zero attached hydrogens (tertiary/aromatic N) is 8. The summed E-state index contributed by atoms with van der Waals surface area (Å²) in [5.74, 6) is 2.17. The lowest BCUT2D eigenvalue weighted by atomic mass is 10.1. The number of para-hydroxylation sites is 1. The number of pyridine rings is 1. The number of anilines is 2. The summed E-state index contributed by atoms with van der Waals surface area (Å²) in [5, 5.41) is 9.79. The van der Waals surface area contributed by atoms with Crippen LogP contribution < -0.4 is 10.6 Å². The number of hydrogen-bond acceptors (Lipinski definition) is 7. The number of benzene rings is 1. The summed E-state index contributed by atoms with van der Waals surface area (Å²) < 4.78 is 4.29. The Kier molecular flexibility index (Phi) is 3.75. The van der Waals surface area contributed by atoms with Gasteiger partial charge in [-0.05, 0) is 28.1 Å². The fraction of sp³-hybridized carbons (Fsp3) is 0.150. The summed E-state index contributed by atoms with van der Waals surface area (Å²) in [6.45, 7) is 2.12. The third-order valence-corrected chi connectivity index (χ3v) is 6.18. The van der Waals surface area contributed by atoms with Gasteiger partial charge in [0, 0.05) is 29.3 Å². The van der Waals surface area contributed by atoms with E-state index in [0.29, 0.717) is 22.5 Å². The highest BCUT2D eigenvalue weighted by Gasteiger charge is 2.24. The van der Waals surface area contributed by atoms with Gasteiger partial charge >= 0.3 is 0 Å². The highest BCUT2D eigenvalue weighted by Crippen LogP contribution is 2.35. The summed E-state index contributed by atoms with van der Waals surface area (Å²) in [6.07, 6.45) is 5.22. The average molecular weight is 462 g/mol. The van der Waals surface area contributed by atoms with E-state index in [1.54, 1.807) is 17.0 Å². The molecule has 0 saturated carbocycles. The number of halogens is 1. The lowest BCUT2D eigenvalue weighted by molar-refractivity contribution is 0.509. The SMILES string of the molecule is Nc1c(Br)c(N2CCn3ncnc3C2)nc2c(-c3cnc4ccccc4c3)cnn12. The molecule has 5 aromatic rings. The zero-order valence-electron chi connectivity index (χ0n) is 15.8. The molecule has 0 unspecified atom stereocenters. The molecule has 0 atom stereocenters. The van der Waals surface area contributed by atoms with E-state index in [9.17, 15) is 0 Å². The van der Waals surface area contributed by atoms with Gasteiger partial charge in [-0.15, -0.1) is 0 Å². The summed E-state index contributed by atoms with van der Waals surface area (Å²) >= 11 is 3.62. The molecule has 1 aromatic carbocycles. The van der Waals surface area contributed by atoms with Crippen LogP contribution >= 0.6 is 15.9 Å². The zero-order valence-corrected chi connectivity index (χ0v) is 17.4. The molecule has 0 radical (unpaired) electrons. The van der Waals surface area contributed by atoms with Crippen molar-refractivity contribution in [1.29, 1.82) is 0 Å². The van der Waals surface area contributed by atoms with Crippen LogP contribution in [-0.2, 0) is 13.1 Å². The molecule has 10 heteroatoms. The first-order chi connectivity index (χ1) is 14.7. The third kappa shape index (κ3) is 2.57. The van der Waals surface area contributed by atoms with Crippen molar-refractivity contribution in [2.24, 2.45) is 0 Å². The molecule has 0 aliphatic carbocycles. The number of rotatable bonds is 2. The Labute approximate surface area is 179 Å². The third-order valence-electron chi connectivity index (χ3n) is 5.42. The number of fused-ring (bicyclic) bond motifs is 3. The summed E-state index contributed by atoms with van der Waals surface area (Å²) in [7, 11) is 0. The van der Waals surface area contributed by atoms with E-state index < -0.39 is 0 Å². The first kappa shape index (κ1) is 17.3. The van der Waals surface area contributed by atoms with Gasteiger partial charge in [0.1, 0.15) is 28.3 Å². The molecule has 148 valence electrons. The molecule has 5 heterocycles. The second-order valence-electron chi connectivity index (χ2n) is 7.17. The number of nitrogens with two attached hydrogens (primary N) is 1. The van der Waals surface area contributed by atoms with Crippen molar-refractivity contribution in [2.45, 2.75) is 13.1 Å². The quantitative estimate of drug-likeness (QED) is 0.430. The van der Waals surface area contributed by atoms with Crippen LogP contribution in [0.25, 0.3) is 27.7 Å². The standard InChI is InChI=1S/C20H16BrN9/c21-17-18(22)30-19(27-20(17)28-5-6-29-16(10-28)24-11-26-29)14(9-25-30)13-7-12-3-1-2-4-15(12)23-8-13/h1-4,7-9,11H,5-6,10,22H2. The van der Waals surface area contributed by atoms with Crippen molar-refractivity contribution >= 4 is 44.1 Å². The van der Waals surface area contributed by atoms with Crippen LogP contribution in [0.5, 0.6) is 0 Å². The minimum absolute atomic E-state index is 0.502. The summed E-state index contributed by atoms with van der Waals surface area (Å²) in [5.41, 5.74) is 9.89. The van der Waals surface area contributed by atoms with E-state index in [1.807, 2.05) is 35.1 Å². The Balaban J connectivity index is 1.50. The fourth-order valence-electron chi connectivity index (χ4n) is 3.86. The van der Waals surface area contributed by atoms with E-state index in [1.165, 1.54) is 0 Å². The van der Waals surface area contributed by atoms with Crippen LogP contribution in [0.2, 0.25) is 0 Å². The Bertz CT molecular complexity index is 1420. The first-order valence-corrected chi connectivity index (χ1v) is 10.3. The Morgan fingerprint density at radius 3 is 2.87 bits per heavy atom. The van der Waals surface area contributed by atoms with Crippen LogP contribution in [0.15, 0.2) is 53.5 Å². The molecule has 0 bridgehead atoms. The number of nitrogen functional groups attached to an aromatic ring is 1. The van der Waals surface area contributed by atoms with Crippen molar-refractivity contribution in [3.05, 3.63) is 59.3 Å². The molecule has 0 amide bonds. The van der Waals surface area contributed by atoms with E-state index in [2.05, 4.69) is 47.1 Å². The van der Waals surface area contributed by atoms with Gasteiger partial charge in [0.15, 0.2) is 5.65 Å². The second-order valence-corrected chi connectivity index (χ2v) is 7.96. The highest BCUT2D eigenvalue weighted by molar-refractivity contribution is 9.10. The zero-order chi connectivity index (χ0) is 20.2. The lowest BCUT2D eigenvalue weighted by Gasteiger charge is -2.28. The van der Waals surface area contributed by atoms with Crippen LogP contribution in [0.1, 0.15) is 5.82 Å². The maximum Gasteiger partial charge on any atom is 0.167 e. The maximum absolute atomic E-state index is 6.42. The van der Waals surface area contributed by atoms with Crippen LogP contribution in [0.3, 0.4) is 0 Å². The van der Waals surface area contributed by atoms with Gasteiger partial charge < -0.3 is 10.6 Å². The molecule has 0 fully saturated rings. The fourth-order valence-corrected chi connectivity index (χ4v) is 4.36.